The summed E-state index contributed by atoms with van der Waals surface area (Å²) in [5.41, 5.74) is 6.98. The molecule has 0 N–H and O–H groups in total. The molecule has 11 rings (SSSR count). The predicted octanol–water partition coefficient (Wildman–Crippen LogP) is 13.2. The first-order valence-electron chi connectivity index (χ1n) is 16.8. The van der Waals surface area contributed by atoms with Crippen LogP contribution < -0.4 is 0 Å². The number of para-hydroxylation sites is 2. The van der Waals surface area contributed by atoms with Gasteiger partial charge in [-0.1, -0.05) is 121 Å². The van der Waals surface area contributed by atoms with Gasteiger partial charge >= 0.3 is 0 Å². The van der Waals surface area contributed by atoms with Gasteiger partial charge in [-0.15, -0.1) is 22.7 Å². The highest BCUT2D eigenvalue weighted by atomic mass is 32.1. The van der Waals surface area contributed by atoms with Crippen molar-refractivity contribution in [3.8, 4) is 45.3 Å². The molecule has 0 bridgehead atoms. The van der Waals surface area contributed by atoms with E-state index in [4.69, 9.17) is 19.4 Å². The quantitative estimate of drug-likeness (QED) is 0.185. The van der Waals surface area contributed by atoms with E-state index in [2.05, 4.69) is 121 Å². The second-order valence-electron chi connectivity index (χ2n) is 12.8. The number of aromatic nitrogens is 3. The normalized spacial score (nSPS) is 11.9. The first kappa shape index (κ1) is 28.6. The Kier molecular flexibility index (Phi) is 6.26. The fourth-order valence-corrected chi connectivity index (χ4v) is 9.60. The van der Waals surface area contributed by atoms with Gasteiger partial charge in [-0.05, 0) is 35.9 Å². The lowest BCUT2D eigenvalue weighted by Gasteiger charge is -2.09. The van der Waals surface area contributed by atoms with E-state index in [0.29, 0.717) is 17.5 Å². The third-order valence-corrected chi connectivity index (χ3v) is 12.0. The fourth-order valence-electron chi connectivity index (χ4n) is 7.27. The van der Waals surface area contributed by atoms with Crippen LogP contribution in [-0.4, -0.2) is 15.0 Å². The molecule has 0 spiro atoms. The minimum absolute atomic E-state index is 0.659. The molecule has 0 saturated heterocycles. The molecule has 7 aromatic carbocycles. The zero-order valence-electron chi connectivity index (χ0n) is 27.0. The molecule has 0 aliphatic heterocycles. The average Bonchev–Trinajstić information content (AvgIpc) is 3.88. The summed E-state index contributed by atoms with van der Waals surface area (Å²) in [6, 6.07) is 53.2. The lowest BCUT2D eigenvalue weighted by Crippen LogP contribution is -2.00. The molecule has 0 aliphatic carbocycles. The van der Waals surface area contributed by atoms with Crippen LogP contribution in [0.5, 0.6) is 0 Å². The molecule has 0 fully saturated rings. The zero-order valence-corrected chi connectivity index (χ0v) is 28.6. The van der Waals surface area contributed by atoms with E-state index in [0.717, 1.165) is 49.8 Å². The lowest BCUT2D eigenvalue weighted by atomic mass is 10.0. The third-order valence-electron chi connectivity index (χ3n) is 9.75. The Morgan fingerprint density at radius 2 is 0.863 bits per heavy atom. The summed E-state index contributed by atoms with van der Waals surface area (Å²) in [7, 11) is 0. The number of nitrogens with zero attached hydrogens (tertiary/aromatic N) is 3. The number of benzene rings is 7. The molecule has 4 heterocycles. The van der Waals surface area contributed by atoms with Gasteiger partial charge in [-0.25, -0.2) is 15.0 Å². The largest absolute Gasteiger partial charge is 0.455 e. The Bertz CT molecular complexity index is 3160. The molecule has 4 nitrogen and oxygen atoms in total. The summed E-state index contributed by atoms with van der Waals surface area (Å²) in [5.74, 6) is 1.99. The summed E-state index contributed by atoms with van der Waals surface area (Å²) in [6.45, 7) is 0. The summed E-state index contributed by atoms with van der Waals surface area (Å²) in [4.78, 5) is 15.1. The van der Waals surface area contributed by atoms with Crippen LogP contribution >= 0.6 is 22.7 Å². The Balaban J connectivity index is 1.04. The van der Waals surface area contributed by atoms with Gasteiger partial charge < -0.3 is 4.42 Å². The lowest BCUT2D eigenvalue weighted by molar-refractivity contribution is 0.670. The predicted molar refractivity (Wildman–Crippen MR) is 215 cm³/mol. The molecule has 11 aromatic rings. The summed E-state index contributed by atoms with van der Waals surface area (Å²) < 4.78 is 11.3. The molecule has 0 unspecified atom stereocenters. The fraction of sp³-hybridized carbons (Fsp3) is 0. The van der Waals surface area contributed by atoms with E-state index < -0.39 is 0 Å². The molecular weight excluding hydrogens is 663 g/mol. The maximum atomic E-state index is 6.38. The van der Waals surface area contributed by atoms with Crippen LogP contribution in [-0.2, 0) is 0 Å². The van der Waals surface area contributed by atoms with Crippen molar-refractivity contribution in [1.82, 2.24) is 15.0 Å². The molecule has 51 heavy (non-hydrogen) atoms. The highest BCUT2D eigenvalue weighted by molar-refractivity contribution is 7.26. The smallest absolute Gasteiger partial charge is 0.164 e. The third kappa shape index (κ3) is 4.61. The van der Waals surface area contributed by atoms with Crippen LogP contribution in [0.25, 0.3) is 108 Å². The second kappa shape index (κ2) is 11.2. The topological polar surface area (TPSA) is 51.8 Å². The van der Waals surface area contributed by atoms with E-state index >= 15 is 0 Å². The van der Waals surface area contributed by atoms with Crippen molar-refractivity contribution >= 4 is 85.0 Å². The van der Waals surface area contributed by atoms with Crippen LogP contribution in [0, 0.1) is 0 Å². The molecular formula is C45H25N3OS2. The van der Waals surface area contributed by atoms with Crippen molar-refractivity contribution in [3.05, 3.63) is 152 Å². The van der Waals surface area contributed by atoms with Gasteiger partial charge in [0, 0.05) is 73.4 Å². The SMILES string of the molecule is c1ccc(-c2nc(-c3ccc4c(c3)sc3ccccc34)nc(-c3ccc4c(c3)sc3cc(-c5cccc6c5oc5ccccc56)ccc34)n2)cc1. The number of furan rings is 1. The van der Waals surface area contributed by atoms with Gasteiger partial charge in [-0.3, -0.25) is 0 Å². The van der Waals surface area contributed by atoms with Gasteiger partial charge in [0.05, 0.1) is 0 Å². The number of fused-ring (bicyclic) bond motifs is 9. The highest BCUT2D eigenvalue weighted by Gasteiger charge is 2.17. The summed E-state index contributed by atoms with van der Waals surface area (Å²) >= 11 is 3.59. The number of rotatable bonds is 4. The van der Waals surface area contributed by atoms with Gasteiger partial charge in [0.2, 0.25) is 0 Å². The van der Waals surface area contributed by atoms with Crippen LogP contribution in [0.15, 0.2) is 156 Å². The van der Waals surface area contributed by atoms with Gasteiger partial charge in [0.15, 0.2) is 17.5 Å². The van der Waals surface area contributed by atoms with Gasteiger partial charge in [0.1, 0.15) is 11.2 Å². The zero-order chi connectivity index (χ0) is 33.5. The molecule has 238 valence electrons. The van der Waals surface area contributed by atoms with Crippen LogP contribution in [0.1, 0.15) is 0 Å². The summed E-state index contributed by atoms with van der Waals surface area (Å²) in [5, 5.41) is 7.27. The van der Waals surface area contributed by atoms with Crippen molar-refractivity contribution in [2.45, 2.75) is 0 Å². The average molecular weight is 688 g/mol. The number of hydrogen-bond acceptors (Lipinski definition) is 6. The first-order valence-corrected chi connectivity index (χ1v) is 18.5. The Labute approximate surface area is 299 Å². The Morgan fingerprint density at radius 1 is 0.353 bits per heavy atom. The van der Waals surface area contributed by atoms with Crippen LogP contribution in [0.4, 0.5) is 0 Å². The maximum Gasteiger partial charge on any atom is 0.164 e. The van der Waals surface area contributed by atoms with Crippen molar-refractivity contribution in [3.63, 3.8) is 0 Å². The number of thiophene rings is 2. The minimum atomic E-state index is 0.659. The standard InChI is InChI=1S/C45H25N3OS2/c1-2-9-26(10-3-1)43-46-44(28-18-21-33-32-12-5-7-16-38(32)50-40(33)24-28)48-45(47-43)29-19-22-35-34-20-17-27(23-39(34)51-41(35)25-29)30-13-8-14-36-31-11-4-6-15-37(31)49-42(30)36/h1-25H. The maximum absolute atomic E-state index is 6.38. The first-order chi connectivity index (χ1) is 25.2. The molecule has 0 atom stereocenters. The molecule has 0 amide bonds. The molecule has 6 heteroatoms. The van der Waals surface area contributed by atoms with Crippen LogP contribution in [0.3, 0.4) is 0 Å². The van der Waals surface area contributed by atoms with E-state index in [1.54, 1.807) is 22.7 Å². The monoisotopic (exact) mass is 687 g/mol. The molecule has 0 radical (unpaired) electrons. The highest BCUT2D eigenvalue weighted by Crippen LogP contribution is 2.41. The van der Waals surface area contributed by atoms with E-state index in [-0.39, 0.29) is 0 Å². The van der Waals surface area contributed by atoms with Gasteiger partial charge in [-0.2, -0.15) is 0 Å². The van der Waals surface area contributed by atoms with Crippen molar-refractivity contribution in [2.75, 3.05) is 0 Å². The van der Waals surface area contributed by atoms with Crippen LogP contribution in [0.2, 0.25) is 0 Å². The molecule has 0 saturated carbocycles. The van der Waals surface area contributed by atoms with Crippen molar-refractivity contribution < 1.29 is 4.42 Å². The second-order valence-corrected chi connectivity index (χ2v) is 15.0. The van der Waals surface area contributed by atoms with Crippen molar-refractivity contribution in [1.29, 1.82) is 0 Å². The van der Waals surface area contributed by atoms with E-state index in [1.807, 2.05) is 30.3 Å². The summed E-state index contributed by atoms with van der Waals surface area (Å²) in [6.07, 6.45) is 0. The van der Waals surface area contributed by atoms with E-state index in [1.165, 1.54) is 40.3 Å². The minimum Gasteiger partial charge on any atom is -0.455 e. The molecule has 4 aromatic heterocycles. The van der Waals surface area contributed by atoms with Crippen molar-refractivity contribution in [2.24, 2.45) is 0 Å². The number of hydrogen-bond donors (Lipinski definition) is 0. The Morgan fingerprint density at radius 3 is 1.57 bits per heavy atom. The van der Waals surface area contributed by atoms with Gasteiger partial charge in [0.25, 0.3) is 0 Å². The Hall–Kier alpha value is -6.21. The molecule has 0 aliphatic rings. The van der Waals surface area contributed by atoms with E-state index in [9.17, 15) is 0 Å².